The van der Waals surface area contributed by atoms with E-state index in [2.05, 4.69) is 24.8 Å². The number of thioether (sulfide) groups is 1. The molecule has 0 amide bonds. The molecule has 10 heavy (non-hydrogen) atoms. The van der Waals surface area contributed by atoms with Crippen molar-refractivity contribution in [3.63, 3.8) is 0 Å². The Labute approximate surface area is 74.8 Å². The number of carboxylic acids is 1. The van der Waals surface area contributed by atoms with Gasteiger partial charge in [0.2, 0.25) is 0 Å². The highest BCUT2D eigenvalue weighted by Gasteiger charge is 2.28. The summed E-state index contributed by atoms with van der Waals surface area (Å²) in [6, 6.07) is 0. The SMILES string of the molecule is CC(C)(SC(=S)S)C(=O)O. The van der Waals surface area contributed by atoms with Gasteiger partial charge in [-0.05, 0) is 13.8 Å². The molecular formula is C5H8O2S3. The summed E-state index contributed by atoms with van der Waals surface area (Å²) in [6.07, 6.45) is 0. The van der Waals surface area contributed by atoms with E-state index in [4.69, 9.17) is 5.11 Å². The molecule has 0 bridgehead atoms. The van der Waals surface area contributed by atoms with Crippen LogP contribution in [0.25, 0.3) is 0 Å². The Balaban J connectivity index is 4.13. The average molecular weight is 196 g/mol. The van der Waals surface area contributed by atoms with Crippen LogP contribution >= 0.6 is 36.6 Å². The van der Waals surface area contributed by atoms with Crippen LogP contribution < -0.4 is 0 Å². The number of aliphatic carboxylic acids is 1. The maximum absolute atomic E-state index is 10.4. The van der Waals surface area contributed by atoms with Crippen LogP contribution in [0.4, 0.5) is 0 Å². The number of hydrogen-bond donors (Lipinski definition) is 2. The number of thiocarbonyl (C=S) groups is 1. The molecule has 5 heteroatoms. The zero-order chi connectivity index (χ0) is 8.36. The summed E-state index contributed by atoms with van der Waals surface area (Å²) in [4.78, 5) is 10.4. The van der Waals surface area contributed by atoms with Gasteiger partial charge >= 0.3 is 5.97 Å². The Bertz CT molecular complexity index is 164. The summed E-state index contributed by atoms with van der Waals surface area (Å²) in [6.45, 7) is 3.17. The minimum Gasteiger partial charge on any atom is -0.480 e. The lowest BCUT2D eigenvalue weighted by molar-refractivity contribution is -0.138. The van der Waals surface area contributed by atoms with E-state index < -0.39 is 10.7 Å². The van der Waals surface area contributed by atoms with Crippen LogP contribution in [-0.4, -0.2) is 19.4 Å². The van der Waals surface area contributed by atoms with Crippen LogP contribution in [0.2, 0.25) is 0 Å². The molecule has 0 fully saturated rings. The van der Waals surface area contributed by atoms with Crippen LogP contribution in [-0.2, 0) is 4.79 Å². The molecule has 0 rings (SSSR count). The highest BCUT2D eigenvalue weighted by molar-refractivity contribution is 8.42. The third-order valence-electron chi connectivity index (χ3n) is 0.858. The van der Waals surface area contributed by atoms with Gasteiger partial charge in [-0.3, -0.25) is 4.79 Å². The van der Waals surface area contributed by atoms with Crippen molar-refractivity contribution in [1.82, 2.24) is 0 Å². The zero-order valence-electron chi connectivity index (χ0n) is 5.62. The van der Waals surface area contributed by atoms with Crippen molar-refractivity contribution < 1.29 is 9.90 Å². The molecule has 0 aromatic rings. The standard InChI is InChI=1S/C5H8O2S3/c1-5(2,3(6)7)10-4(8)9/h1-2H3,(H,6,7)(H,8,9). The van der Waals surface area contributed by atoms with Gasteiger partial charge in [0.25, 0.3) is 0 Å². The highest BCUT2D eigenvalue weighted by Crippen LogP contribution is 2.27. The number of hydrogen-bond acceptors (Lipinski definition) is 3. The number of rotatable bonds is 2. The second kappa shape index (κ2) is 3.59. The molecule has 0 atom stereocenters. The molecule has 0 saturated carbocycles. The van der Waals surface area contributed by atoms with Gasteiger partial charge in [-0.1, -0.05) is 24.0 Å². The molecule has 0 aromatic heterocycles. The van der Waals surface area contributed by atoms with Crippen molar-refractivity contribution >= 4 is 46.1 Å². The fraction of sp³-hybridized carbons (Fsp3) is 0.600. The van der Waals surface area contributed by atoms with E-state index in [1.54, 1.807) is 13.8 Å². The lowest BCUT2D eigenvalue weighted by atomic mass is 10.2. The summed E-state index contributed by atoms with van der Waals surface area (Å²) in [5.74, 6) is -0.881. The van der Waals surface area contributed by atoms with Crippen molar-refractivity contribution in [2.45, 2.75) is 18.6 Å². The van der Waals surface area contributed by atoms with E-state index in [1.807, 2.05) is 0 Å². The molecule has 0 aliphatic heterocycles. The fourth-order valence-electron chi connectivity index (χ4n) is 0.262. The smallest absolute Gasteiger partial charge is 0.319 e. The van der Waals surface area contributed by atoms with E-state index in [0.29, 0.717) is 3.53 Å². The van der Waals surface area contributed by atoms with Gasteiger partial charge in [0.15, 0.2) is 0 Å². The number of carboxylic acid groups (broad SMARTS) is 1. The Morgan fingerprint density at radius 3 is 2.20 bits per heavy atom. The van der Waals surface area contributed by atoms with Gasteiger partial charge in [0, 0.05) is 0 Å². The molecule has 58 valence electrons. The van der Waals surface area contributed by atoms with Crippen molar-refractivity contribution in [1.29, 1.82) is 0 Å². The lowest BCUT2D eigenvalue weighted by Crippen LogP contribution is -2.27. The van der Waals surface area contributed by atoms with Gasteiger partial charge in [-0.25, -0.2) is 0 Å². The summed E-state index contributed by atoms with van der Waals surface area (Å²) >= 11 is 9.50. The Kier molecular flexibility index (Phi) is 3.69. The first-order valence-electron chi connectivity index (χ1n) is 2.51. The highest BCUT2D eigenvalue weighted by atomic mass is 32.2. The van der Waals surface area contributed by atoms with Gasteiger partial charge in [-0.2, -0.15) is 0 Å². The Morgan fingerprint density at radius 2 is 2.10 bits per heavy atom. The van der Waals surface area contributed by atoms with Crippen LogP contribution in [0.5, 0.6) is 0 Å². The molecule has 0 unspecified atom stereocenters. The third kappa shape index (κ3) is 3.43. The predicted octanol–water partition coefficient (Wildman–Crippen LogP) is 1.80. The van der Waals surface area contributed by atoms with Crippen LogP contribution in [0.15, 0.2) is 0 Å². The molecule has 0 aliphatic rings. The number of thiol groups is 1. The predicted molar refractivity (Wildman–Crippen MR) is 50.9 cm³/mol. The summed E-state index contributed by atoms with van der Waals surface area (Å²) < 4.78 is -0.508. The van der Waals surface area contributed by atoms with E-state index in [0.717, 1.165) is 11.8 Å². The summed E-state index contributed by atoms with van der Waals surface area (Å²) in [5.41, 5.74) is 0. The summed E-state index contributed by atoms with van der Waals surface area (Å²) in [5, 5.41) is 8.58. The van der Waals surface area contributed by atoms with Crippen molar-refractivity contribution in [3.05, 3.63) is 0 Å². The maximum Gasteiger partial charge on any atom is 0.319 e. The van der Waals surface area contributed by atoms with E-state index >= 15 is 0 Å². The Morgan fingerprint density at radius 1 is 1.70 bits per heavy atom. The quantitative estimate of drug-likeness (QED) is 0.521. The molecule has 0 aromatic carbocycles. The van der Waals surface area contributed by atoms with Gasteiger partial charge in [0.05, 0.1) is 0 Å². The first-order chi connectivity index (χ1) is 4.36. The minimum absolute atomic E-state index is 0.354. The Hall–Kier alpha value is 0.260. The molecule has 2 nitrogen and oxygen atoms in total. The maximum atomic E-state index is 10.4. The molecule has 0 saturated heterocycles. The topological polar surface area (TPSA) is 37.3 Å². The lowest BCUT2D eigenvalue weighted by Gasteiger charge is -2.16. The van der Waals surface area contributed by atoms with E-state index in [-0.39, 0.29) is 0 Å². The average Bonchev–Trinajstić information content (AvgIpc) is 1.60. The van der Waals surface area contributed by atoms with Crippen molar-refractivity contribution in [3.8, 4) is 0 Å². The fourth-order valence-corrected chi connectivity index (χ4v) is 2.10. The molecule has 1 N–H and O–H groups in total. The second-order valence-electron chi connectivity index (χ2n) is 2.18. The van der Waals surface area contributed by atoms with Crippen molar-refractivity contribution in [2.75, 3.05) is 0 Å². The molecule has 0 spiro atoms. The minimum atomic E-state index is -0.881. The van der Waals surface area contributed by atoms with Crippen LogP contribution in [0.1, 0.15) is 13.8 Å². The molecular weight excluding hydrogens is 188 g/mol. The monoisotopic (exact) mass is 196 g/mol. The largest absolute Gasteiger partial charge is 0.480 e. The summed E-state index contributed by atoms with van der Waals surface area (Å²) in [7, 11) is 0. The van der Waals surface area contributed by atoms with Crippen LogP contribution in [0, 0.1) is 0 Å². The molecule has 0 radical (unpaired) electrons. The van der Waals surface area contributed by atoms with E-state index in [1.165, 1.54) is 0 Å². The van der Waals surface area contributed by atoms with Gasteiger partial charge < -0.3 is 5.11 Å². The molecule has 0 aliphatic carbocycles. The normalized spacial score (nSPS) is 11.1. The van der Waals surface area contributed by atoms with Crippen molar-refractivity contribution in [2.24, 2.45) is 0 Å². The van der Waals surface area contributed by atoms with E-state index in [9.17, 15) is 4.79 Å². The van der Waals surface area contributed by atoms with Crippen LogP contribution in [0.3, 0.4) is 0 Å². The zero-order valence-corrected chi connectivity index (χ0v) is 8.15. The molecule has 0 heterocycles. The van der Waals surface area contributed by atoms with Gasteiger partial charge in [-0.15, -0.1) is 12.6 Å². The number of carbonyl (C=O) groups is 1. The first-order valence-corrected chi connectivity index (χ1v) is 4.19. The van der Waals surface area contributed by atoms with Gasteiger partial charge in [0.1, 0.15) is 8.28 Å². The third-order valence-corrected chi connectivity index (χ3v) is 2.24. The second-order valence-corrected chi connectivity index (χ2v) is 5.54. The first kappa shape index (κ1) is 10.3.